The van der Waals surface area contributed by atoms with Crippen LogP contribution in [-0.4, -0.2) is 53.9 Å². The summed E-state index contributed by atoms with van der Waals surface area (Å²) in [6.07, 6.45) is 5.64. The third-order valence-corrected chi connectivity index (χ3v) is 6.10. The van der Waals surface area contributed by atoms with Gasteiger partial charge in [-0.15, -0.1) is 11.8 Å². The van der Waals surface area contributed by atoms with Gasteiger partial charge in [-0.25, -0.2) is 0 Å². The van der Waals surface area contributed by atoms with Crippen molar-refractivity contribution >= 4 is 22.8 Å². The number of aliphatic imine (C=N–C) groups is 1. The van der Waals surface area contributed by atoms with Crippen LogP contribution in [0.1, 0.15) is 32.1 Å². The molecule has 0 aromatic heterocycles. The number of fused-ring (bicyclic) bond motifs is 2. The molecule has 2 bridgehead atoms. The van der Waals surface area contributed by atoms with Crippen LogP contribution in [0.2, 0.25) is 0 Å². The number of carbonyl (C=O) groups is 1. The molecule has 2 saturated heterocycles. The molecule has 3 atom stereocenters. The highest BCUT2D eigenvalue weighted by atomic mass is 32.2. The number of rotatable bonds is 3. The summed E-state index contributed by atoms with van der Waals surface area (Å²) in [5, 5.41) is 1.30. The normalized spacial score (nSPS) is 38.3. The summed E-state index contributed by atoms with van der Waals surface area (Å²) in [4.78, 5) is 18.6. The van der Waals surface area contributed by atoms with Crippen LogP contribution in [-0.2, 0) is 9.53 Å². The van der Waals surface area contributed by atoms with E-state index in [0.29, 0.717) is 12.3 Å². The minimum absolute atomic E-state index is 0.140. The van der Waals surface area contributed by atoms with Gasteiger partial charge in [0.1, 0.15) is 0 Å². The Kier molecular flexibility index (Phi) is 3.85. The zero-order valence-corrected chi connectivity index (χ0v) is 12.5. The molecule has 3 unspecified atom stereocenters. The maximum Gasteiger partial charge on any atom is 0.307 e. The van der Waals surface area contributed by atoms with Gasteiger partial charge in [-0.1, -0.05) is 0 Å². The highest BCUT2D eigenvalue weighted by Crippen LogP contribution is 2.41. The Labute approximate surface area is 119 Å². The maximum absolute atomic E-state index is 11.3. The van der Waals surface area contributed by atoms with Crippen molar-refractivity contribution in [3.8, 4) is 0 Å². The number of piperidine rings is 1. The fourth-order valence-corrected chi connectivity index (χ4v) is 4.86. The van der Waals surface area contributed by atoms with E-state index < -0.39 is 0 Å². The van der Waals surface area contributed by atoms with Gasteiger partial charge < -0.3 is 9.64 Å². The van der Waals surface area contributed by atoms with Gasteiger partial charge in [0.25, 0.3) is 0 Å². The lowest BCUT2D eigenvalue weighted by Crippen LogP contribution is -2.41. The number of esters is 1. The van der Waals surface area contributed by atoms with Crippen LogP contribution < -0.4 is 0 Å². The summed E-state index contributed by atoms with van der Waals surface area (Å²) in [7, 11) is 3.71. The van der Waals surface area contributed by atoms with Crippen LogP contribution in [0.15, 0.2) is 4.99 Å². The average Bonchev–Trinajstić information content (AvgIpc) is 2.92. The molecule has 2 fully saturated rings. The second kappa shape index (κ2) is 5.44. The van der Waals surface area contributed by atoms with Gasteiger partial charge >= 0.3 is 5.97 Å². The van der Waals surface area contributed by atoms with E-state index in [-0.39, 0.29) is 12.0 Å². The Morgan fingerprint density at radius 2 is 2.11 bits per heavy atom. The number of hydrogen-bond donors (Lipinski definition) is 0. The summed E-state index contributed by atoms with van der Waals surface area (Å²) in [6, 6.07) is 1.66. The predicted molar refractivity (Wildman–Crippen MR) is 77.6 cm³/mol. The minimum atomic E-state index is -0.140. The Morgan fingerprint density at radius 1 is 1.42 bits per heavy atom. The van der Waals surface area contributed by atoms with E-state index >= 15 is 0 Å². The van der Waals surface area contributed by atoms with Crippen LogP contribution in [0, 0.1) is 5.92 Å². The quantitative estimate of drug-likeness (QED) is 0.742. The van der Waals surface area contributed by atoms with Crippen molar-refractivity contribution in [1.82, 2.24) is 4.90 Å². The van der Waals surface area contributed by atoms with Crippen LogP contribution in [0.4, 0.5) is 0 Å². The first-order valence-electron chi connectivity index (χ1n) is 7.16. The lowest BCUT2D eigenvalue weighted by molar-refractivity contribution is -0.140. The number of thioether (sulfide) groups is 1. The summed E-state index contributed by atoms with van der Waals surface area (Å²) in [5.74, 6) is 1.45. The zero-order valence-electron chi connectivity index (χ0n) is 11.7. The summed E-state index contributed by atoms with van der Waals surface area (Å²) in [5.41, 5.74) is 0. The van der Waals surface area contributed by atoms with Crippen LogP contribution >= 0.6 is 11.8 Å². The zero-order chi connectivity index (χ0) is 13.4. The second-order valence-corrected chi connectivity index (χ2v) is 6.97. The highest BCUT2D eigenvalue weighted by molar-refractivity contribution is 8.14. The SMILES string of the molecule is COC(=O)CC1CSC(C2CC3CCC(C2)N3C)=N1. The topological polar surface area (TPSA) is 41.9 Å². The number of nitrogens with zero attached hydrogens (tertiary/aromatic N) is 2. The molecule has 19 heavy (non-hydrogen) atoms. The van der Waals surface area contributed by atoms with Gasteiger partial charge in [-0.05, 0) is 32.7 Å². The first-order valence-corrected chi connectivity index (χ1v) is 8.15. The largest absolute Gasteiger partial charge is 0.469 e. The van der Waals surface area contributed by atoms with Crippen molar-refractivity contribution in [2.75, 3.05) is 19.9 Å². The molecule has 0 aliphatic carbocycles. The Hall–Kier alpha value is -0.550. The molecule has 0 N–H and O–H groups in total. The lowest BCUT2D eigenvalue weighted by Gasteiger charge is -2.36. The molecule has 0 amide bonds. The van der Waals surface area contributed by atoms with E-state index in [1.54, 1.807) is 0 Å². The molecule has 3 aliphatic heterocycles. The van der Waals surface area contributed by atoms with Gasteiger partial charge in [0.2, 0.25) is 0 Å². The van der Waals surface area contributed by atoms with Gasteiger partial charge in [-0.3, -0.25) is 9.79 Å². The van der Waals surface area contributed by atoms with Crippen molar-refractivity contribution in [1.29, 1.82) is 0 Å². The van der Waals surface area contributed by atoms with Crippen molar-refractivity contribution in [2.24, 2.45) is 10.9 Å². The molecule has 3 rings (SSSR count). The van der Waals surface area contributed by atoms with E-state index in [4.69, 9.17) is 9.73 Å². The fraction of sp³-hybridized carbons (Fsp3) is 0.857. The summed E-state index contributed by atoms with van der Waals surface area (Å²) in [6.45, 7) is 0. The molecule has 0 aromatic carbocycles. The molecule has 0 saturated carbocycles. The van der Waals surface area contributed by atoms with Crippen LogP contribution in [0.25, 0.3) is 0 Å². The number of methoxy groups -OCH3 is 1. The van der Waals surface area contributed by atoms with Gasteiger partial charge in [0, 0.05) is 23.8 Å². The van der Waals surface area contributed by atoms with Crippen molar-refractivity contribution in [3.63, 3.8) is 0 Å². The number of ether oxygens (including phenoxy) is 1. The molecule has 106 valence electrons. The van der Waals surface area contributed by atoms with Crippen LogP contribution in [0.3, 0.4) is 0 Å². The van der Waals surface area contributed by atoms with E-state index in [1.165, 1.54) is 37.8 Å². The molecule has 0 aromatic rings. The first kappa shape index (κ1) is 13.4. The van der Waals surface area contributed by atoms with Gasteiger partial charge in [-0.2, -0.15) is 0 Å². The maximum atomic E-state index is 11.3. The Morgan fingerprint density at radius 3 is 2.74 bits per heavy atom. The number of hydrogen-bond acceptors (Lipinski definition) is 5. The molecular weight excluding hydrogens is 260 g/mol. The monoisotopic (exact) mass is 282 g/mol. The Bertz CT molecular complexity index is 385. The minimum Gasteiger partial charge on any atom is -0.469 e. The van der Waals surface area contributed by atoms with E-state index in [2.05, 4.69) is 11.9 Å². The van der Waals surface area contributed by atoms with Crippen LogP contribution in [0.5, 0.6) is 0 Å². The van der Waals surface area contributed by atoms with Crippen molar-refractivity contribution in [2.45, 2.75) is 50.2 Å². The van der Waals surface area contributed by atoms with Crippen molar-refractivity contribution in [3.05, 3.63) is 0 Å². The molecule has 4 nitrogen and oxygen atoms in total. The lowest BCUT2D eigenvalue weighted by atomic mass is 9.92. The summed E-state index contributed by atoms with van der Waals surface area (Å²) < 4.78 is 4.73. The fourth-order valence-electron chi connectivity index (χ4n) is 3.65. The van der Waals surface area contributed by atoms with E-state index in [1.807, 2.05) is 11.8 Å². The second-order valence-electron chi connectivity index (χ2n) is 5.93. The molecule has 0 radical (unpaired) electrons. The third-order valence-electron chi connectivity index (χ3n) is 4.81. The van der Waals surface area contributed by atoms with E-state index in [9.17, 15) is 4.79 Å². The standard InChI is InChI=1S/C14H22N2O2S/c1-16-11-3-4-12(16)6-9(5-11)14-15-10(8-19-14)7-13(17)18-2/h9-12H,3-8H2,1-2H3. The highest BCUT2D eigenvalue weighted by Gasteiger charge is 2.41. The smallest absolute Gasteiger partial charge is 0.307 e. The number of carbonyl (C=O) groups excluding carboxylic acids is 1. The predicted octanol–water partition coefficient (Wildman–Crippen LogP) is 1.94. The first-order chi connectivity index (χ1) is 9.17. The van der Waals surface area contributed by atoms with Gasteiger partial charge in [0.15, 0.2) is 0 Å². The summed E-state index contributed by atoms with van der Waals surface area (Å²) >= 11 is 1.87. The van der Waals surface area contributed by atoms with E-state index in [0.717, 1.165) is 17.8 Å². The Balaban J connectivity index is 1.61. The van der Waals surface area contributed by atoms with Crippen molar-refractivity contribution < 1.29 is 9.53 Å². The third kappa shape index (κ3) is 2.68. The molecular formula is C14H22N2O2S. The molecule has 0 spiro atoms. The molecule has 3 aliphatic rings. The van der Waals surface area contributed by atoms with Gasteiger partial charge in [0.05, 0.1) is 24.6 Å². The molecule has 3 heterocycles. The average molecular weight is 282 g/mol. The molecule has 5 heteroatoms.